The lowest BCUT2D eigenvalue weighted by Crippen LogP contribution is -2.33. The van der Waals surface area contributed by atoms with Crippen LogP contribution in [0.3, 0.4) is 0 Å². The molecule has 0 aliphatic rings. The van der Waals surface area contributed by atoms with Gasteiger partial charge in [-0.1, -0.05) is 37.6 Å². The zero-order valence-corrected chi connectivity index (χ0v) is 11.9. The third kappa shape index (κ3) is 6.50. The summed E-state index contributed by atoms with van der Waals surface area (Å²) in [4.78, 5) is 4.27. The molecular formula is C14H22ClN3. The fourth-order valence-electron chi connectivity index (χ4n) is 1.53. The Balaban J connectivity index is 2.24. The number of nitrogens with zero attached hydrogens (tertiary/aromatic N) is 1. The van der Waals surface area contributed by atoms with Gasteiger partial charge < -0.3 is 11.1 Å². The Kier molecular flexibility index (Phi) is 6.58. The highest BCUT2D eigenvalue weighted by molar-refractivity contribution is 6.30. The topological polar surface area (TPSA) is 50.4 Å². The monoisotopic (exact) mass is 267 g/mol. The number of aliphatic imine (C=N–C) groups is 1. The number of hydrogen-bond donors (Lipinski definition) is 2. The molecule has 1 aromatic carbocycles. The lowest BCUT2D eigenvalue weighted by Gasteiger charge is -2.06. The first-order chi connectivity index (χ1) is 8.58. The van der Waals surface area contributed by atoms with Crippen molar-refractivity contribution in [1.29, 1.82) is 0 Å². The van der Waals surface area contributed by atoms with Crippen LogP contribution in [0.25, 0.3) is 0 Å². The Morgan fingerprint density at radius 1 is 1.44 bits per heavy atom. The van der Waals surface area contributed by atoms with E-state index in [-0.39, 0.29) is 0 Å². The first-order valence-corrected chi connectivity index (χ1v) is 6.74. The molecular weight excluding hydrogens is 246 g/mol. The van der Waals surface area contributed by atoms with Crippen molar-refractivity contribution in [3.8, 4) is 0 Å². The van der Waals surface area contributed by atoms with E-state index >= 15 is 0 Å². The minimum Gasteiger partial charge on any atom is -0.370 e. The fourth-order valence-corrected chi connectivity index (χ4v) is 1.74. The van der Waals surface area contributed by atoms with Crippen LogP contribution in [0.1, 0.15) is 25.8 Å². The van der Waals surface area contributed by atoms with Gasteiger partial charge in [-0.15, -0.1) is 0 Å². The SMILES string of the molecule is CC(C)CCN=C(N)NCCc1cccc(Cl)c1. The first kappa shape index (κ1) is 14.8. The third-order valence-corrected chi connectivity index (χ3v) is 2.83. The molecule has 0 saturated heterocycles. The summed E-state index contributed by atoms with van der Waals surface area (Å²) in [6, 6.07) is 7.85. The standard InChI is InChI=1S/C14H22ClN3/c1-11(2)6-8-17-14(16)18-9-7-12-4-3-5-13(15)10-12/h3-5,10-11H,6-9H2,1-2H3,(H3,16,17,18). The van der Waals surface area contributed by atoms with Crippen molar-refractivity contribution in [2.24, 2.45) is 16.6 Å². The summed E-state index contributed by atoms with van der Waals surface area (Å²) in [5, 5.41) is 3.88. The van der Waals surface area contributed by atoms with Gasteiger partial charge >= 0.3 is 0 Å². The summed E-state index contributed by atoms with van der Waals surface area (Å²) in [7, 11) is 0. The first-order valence-electron chi connectivity index (χ1n) is 6.36. The van der Waals surface area contributed by atoms with Gasteiger partial charge in [-0.25, -0.2) is 0 Å². The molecule has 0 spiro atoms. The predicted octanol–water partition coefficient (Wildman–Crippen LogP) is 2.83. The molecule has 1 rings (SSSR count). The molecule has 0 amide bonds. The largest absolute Gasteiger partial charge is 0.370 e. The number of guanidine groups is 1. The van der Waals surface area contributed by atoms with E-state index in [1.807, 2.05) is 18.2 Å². The van der Waals surface area contributed by atoms with Crippen LogP contribution in [0.2, 0.25) is 5.02 Å². The van der Waals surface area contributed by atoms with Crippen molar-refractivity contribution in [2.75, 3.05) is 13.1 Å². The highest BCUT2D eigenvalue weighted by Gasteiger charge is 1.96. The molecule has 18 heavy (non-hydrogen) atoms. The number of rotatable bonds is 6. The van der Waals surface area contributed by atoms with E-state index in [1.165, 1.54) is 5.56 Å². The summed E-state index contributed by atoms with van der Waals surface area (Å²) in [5.41, 5.74) is 6.97. The highest BCUT2D eigenvalue weighted by atomic mass is 35.5. The van der Waals surface area contributed by atoms with Crippen molar-refractivity contribution in [3.63, 3.8) is 0 Å². The second-order valence-corrected chi connectivity index (χ2v) is 5.19. The predicted molar refractivity (Wildman–Crippen MR) is 79.1 cm³/mol. The third-order valence-electron chi connectivity index (χ3n) is 2.60. The van der Waals surface area contributed by atoms with E-state index in [2.05, 4.69) is 30.2 Å². The summed E-state index contributed by atoms with van der Waals surface area (Å²) >= 11 is 5.92. The van der Waals surface area contributed by atoms with Crippen molar-refractivity contribution in [3.05, 3.63) is 34.9 Å². The van der Waals surface area contributed by atoms with Gasteiger partial charge in [-0.2, -0.15) is 0 Å². The van der Waals surface area contributed by atoms with Crippen molar-refractivity contribution < 1.29 is 0 Å². The van der Waals surface area contributed by atoms with E-state index in [0.717, 1.165) is 31.0 Å². The quantitative estimate of drug-likeness (QED) is 0.615. The van der Waals surface area contributed by atoms with Gasteiger partial charge in [-0.05, 0) is 36.5 Å². The summed E-state index contributed by atoms with van der Waals surface area (Å²) in [6.45, 7) is 5.92. The molecule has 0 unspecified atom stereocenters. The molecule has 1 aromatic rings. The lowest BCUT2D eigenvalue weighted by atomic mass is 10.1. The second-order valence-electron chi connectivity index (χ2n) is 4.76. The van der Waals surface area contributed by atoms with Crippen LogP contribution in [0.4, 0.5) is 0 Å². The second kappa shape index (κ2) is 7.98. The molecule has 0 aliphatic carbocycles. The van der Waals surface area contributed by atoms with Gasteiger partial charge in [0.15, 0.2) is 5.96 Å². The van der Waals surface area contributed by atoms with Crippen LogP contribution in [-0.2, 0) is 6.42 Å². The molecule has 0 aromatic heterocycles. The zero-order valence-electron chi connectivity index (χ0n) is 11.1. The molecule has 0 atom stereocenters. The van der Waals surface area contributed by atoms with Crippen LogP contribution in [0.15, 0.2) is 29.3 Å². The number of hydrogen-bond acceptors (Lipinski definition) is 1. The Hall–Kier alpha value is -1.22. The molecule has 0 bridgehead atoms. The van der Waals surface area contributed by atoms with Gasteiger partial charge in [0.25, 0.3) is 0 Å². The molecule has 4 heteroatoms. The van der Waals surface area contributed by atoms with Crippen molar-refractivity contribution in [2.45, 2.75) is 26.7 Å². The number of nitrogens with one attached hydrogen (secondary N) is 1. The Morgan fingerprint density at radius 2 is 2.22 bits per heavy atom. The van der Waals surface area contributed by atoms with Crippen LogP contribution in [0.5, 0.6) is 0 Å². The fraction of sp³-hybridized carbons (Fsp3) is 0.500. The summed E-state index contributed by atoms with van der Waals surface area (Å²) in [5.74, 6) is 1.19. The smallest absolute Gasteiger partial charge is 0.188 e. The van der Waals surface area contributed by atoms with Crippen LogP contribution in [0, 0.1) is 5.92 Å². The Morgan fingerprint density at radius 3 is 2.89 bits per heavy atom. The van der Waals surface area contributed by atoms with E-state index in [4.69, 9.17) is 17.3 Å². The van der Waals surface area contributed by atoms with Crippen molar-refractivity contribution in [1.82, 2.24) is 5.32 Å². The zero-order chi connectivity index (χ0) is 13.4. The van der Waals surface area contributed by atoms with E-state index in [0.29, 0.717) is 11.9 Å². The van der Waals surface area contributed by atoms with Gasteiger partial charge in [0.05, 0.1) is 0 Å². The average molecular weight is 268 g/mol. The minimum absolute atomic E-state index is 0.526. The van der Waals surface area contributed by atoms with E-state index in [1.54, 1.807) is 0 Å². The molecule has 100 valence electrons. The lowest BCUT2D eigenvalue weighted by molar-refractivity contribution is 0.595. The molecule has 0 fully saturated rings. The molecule has 0 aliphatic heterocycles. The minimum atomic E-state index is 0.526. The van der Waals surface area contributed by atoms with Gasteiger partial charge in [0.2, 0.25) is 0 Å². The van der Waals surface area contributed by atoms with Crippen molar-refractivity contribution >= 4 is 17.6 Å². The van der Waals surface area contributed by atoms with Crippen LogP contribution < -0.4 is 11.1 Å². The molecule has 0 radical (unpaired) electrons. The highest BCUT2D eigenvalue weighted by Crippen LogP contribution is 2.10. The Labute approximate surface area is 114 Å². The van der Waals surface area contributed by atoms with E-state index < -0.39 is 0 Å². The molecule has 0 heterocycles. The normalized spacial score (nSPS) is 11.9. The average Bonchev–Trinajstić information content (AvgIpc) is 2.28. The van der Waals surface area contributed by atoms with Gasteiger partial charge in [0, 0.05) is 18.1 Å². The molecule has 3 N–H and O–H groups in total. The van der Waals surface area contributed by atoms with Gasteiger partial charge in [-0.3, -0.25) is 4.99 Å². The number of benzene rings is 1. The van der Waals surface area contributed by atoms with Crippen LogP contribution >= 0.6 is 11.6 Å². The maximum atomic E-state index is 5.92. The molecule has 3 nitrogen and oxygen atoms in total. The number of halogens is 1. The number of nitrogens with two attached hydrogens (primary N) is 1. The summed E-state index contributed by atoms with van der Waals surface area (Å²) < 4.78 is 0. The Bertz CT molecular complexity index is 388. The van der Waals surface area contributed by atoms with E-state index in [9.17, 15) is 0 Å². The maximum Gasteiger partial charge on any atom is 0.188 e. The van der Waals surface area contributed by atoms with Crippen LogP contribution in [-0.4, -0.2) is 19.0 Å². The maximum absolute atomic E-state index is 5.92. The molecule has 0 saturated carbocycles. The summed E-state index contributed by atoms with van der Waals surface area (Å²) in [6.07, 6.45) is 1.96. The van der Waals surface area contributed by atoms with Gasteiger partial charge in [0.1, 0.15) is 0 Å².